The van der Waals surface area contributed by atoms with Crippen LogP contribution >= 0.6 is 23.4 Å². The topological polar surface area (TPSA) is 49.7 Å². The van der Waals surface area contributed by atoms with Crippen molar-refractivity contribution in [2.75, 3.05) is 11.9 Å². The Kier molecular flexibility index (Phi) is 4.72. The van der Waals surface area contributed by atoms with Crippen LogP contribution in [0.4, 0.5) is 5.69 Å². The molecule has 0 atom stereocenters. The SMILES string of the molecule is CN1C(=C2C=CC(=NS(=O)(=O)c3ccc(Cl)cc3)C=C2)Sc2ccccc21. The average molecular weight is 415 g/mol. The summed E-state index contributed by atoms with van der Waals surface area (Å²) in [7, 11) is -1.75. The molecule has 0 N–H and O–H groups in total. The van der Waals surface area contributed by atoms with Crippen LogP contribution < -0.4 is 4.90 Å². The van der Waals surface area contributed by atoms with Crippen LogP contribution in [0.15, 0.2) is 97.6 Å². The summed E-state index contributed by atoms with van der Waals surface area (Å²) in [6.07, 6.45) is 7.21. The molecule has 0 bridgehead atoms. The lowest BCUT2D eigenvalue weighted by molar-refractivity contribution is 0.598. The first-order valence-corrected chi connectivity index (χ1v) is 10.8. The van der Waals surface area contributed by atoms with Crippen molar-refractivity contribution in [1.82, 2.24) is 0 Å². The number of sulfonamides is 1. The van der Waals surface area contributed by atoms with Gasteiger partial charge in [0, 0.05) is 22.5 Å². The molecule has 136 valence electrons. The number of anilines is 1. The molecule has 2 aliphatic rings. The lowest BCUT2D eigenvalue weighted by Crippen LogP contribution is -2.12. The number of fused-ring (bicyclic) bond motifs is 1. The number of benzene rings is 2. The van der Waals surface area contributed by atoms with Gasteiger partial charge in [-0.05, 0) is 48.6 Å². The number of rotatable bonds is 2. The summed E-state index contributed by atoms with van der Waals surface area (Å²) in [6.45, 7) is 0. The van der Waals surface area contributed by atoms with Gasteiger partial charge in [-0.1, -0.05) is 47.6 Å². The second kappa shape index (κ2) is 7.03. The number of para-hydroxylation sites is 1. The summed E-state index contributed by atoms with van der Waals surface area (Å²) >= 11 is 7.51. The molecule has 27 heavy (non-hydrogen) atoms. The Balaban J connectivity index is 1.60. The summed E-state index contributed by atoms with van der Waals surface area (Å²) in [5.74, 6) is 0. The van der Waals surface area contributed by atoms with E-state index in [-0.39, 0.29) is 4.90 Å². The maximum atomic E-state index is 12.4. The van der Waals surface area contributed by atoms with Gasteiger partial charge in [-0.2, -0.15) is 12.8 Å². The van der Waals surface area contributed by atoms with Crippen molar-refractivity contribution in [3.63, 3.8) is 0 Å². The fourth-order valence-corrected chi connectivity index (χ4v) is 5.08. The molecule has 7 heteroatoms. The summed E-state index contributed by atoms with van der Waals surface area (Å²) in [5.41, 5.74) is 2.57. The van der Waals surface area contributed by atoms with E-state index in [4.69, 9.17) is 11.6 Å². The molecule has 0 fully saturated rings. The number of hydrogen-bond acceptors (Lipinski definition) is 4. The van der Waals surface area contributed by atoms with E-state index in [1.807, 2.05) is 31.3 Å². The fourth-order valence-electron chi connectivity index (χ4n) is 2.82. The van der Waals surface area contributed by atoms with Crippen molar-refractivity contribution in [2.24, 2.45) is 4.40 Å². The summed E-state index contributed by atoms with van der Waals surface area (Å²) in [4.78, 5) is 3.46. The molecular formula is C20H15ClN2O2S2. The first-order chi connectivity index (χ1) is 12.9. The average Bonchev–Trinajstić information content (AvgIpc) is 3.00. The van der Waals surface area contributed by atoms with Gasteiger partial charge in [-0.15, -0.1) is 0 Å². The van der Waals surface area contributed by atoms with Gasteiger partial charge in [0.1, 0.15) is 0 Å². The third-order valence-electron chi connectivity index (χ3n) is 4.19. The summed E-state index contributed by atoms with van der Waals surface area (Å²) in [5, 5.41) is 1.58. The van der Waals surface area contributed by atoms with E-state index in [1.54, 1.807) is 23.9 Å². The number of nitrogens with zero attached hydrogens (tertiary/aromatic N) is 2. The number of halogens is 1. The second-order valence-corrected chi connectivity index (χ2v) is 9.07. The smallest absolute Gasteiger partial charge is 0.282 e. The monoisotopic (exact) mass is 414 g/mol. The Bertz CT molecular complexity index is 1110. The standard InChI is InChI=1S/C20H15ClN2O2S2/c1-23-18-4-2-3-5-19(18)26-20(23)14-6-10-16(11-7-14)22-27(24,25)17-12-8-15(21)9-13-17/h2-13H,1H3. The van der Waals surface area contributed by atoms with Gasteiger partial charge in [-0.3, -0.25) is 0 Å². The largest absolute Gasteiger partial charge is 0.338 e. The Morgan fingerprint density at radius 3 is 2.30 bits per heavy atom. The Morgan fingerprint density at radius 1 is 0.963 bits per heavy atom. The minimum absolute atomic E-state index is 0.117. The zero-order valence-electron chi connectivity index (χ0n) is 14.3. The zero-order valence-corrected chi connectivity index (χ0v) is 16.7. The number of allylic oxidation sites excluding steroid dienone is 5. The lowest BCUT2D eigenvalue weighted by Gasteiger charge is -2.16. The normalized spacial score (nSPS) is 16.1. The molecule has 1 aliphatic carbocycles. The summed E-state index contributed by atoms with van der Waals surface area (Å²) < 4.78 is 28.8. The molecule has 2 aromatic carbocycles. The molecule has 0 unspecified atom stereocenters. The molecule has 4 rings (SSSR count). The maximum absolute atomic E-state index is 12.4. The van der Waals surface area contributed by atoms with Crippen LogP contribution in [0.3, 0.4) is 0 Å². The van der Waals surface area contributed by atoms with E-state index in [0.717, 1.165) is 16.3 Å². The van der Waals surface area contributed by atoms with Gasteiger partial charge in [0.25, 0.3) is 10.0 Å². The zero-order chi connectivity index (χ0) is 19.0. The third kappa shape index (κ3) is 3.60. The molecule has 0 spiro atoms. The fraction of sp³-hybridized carbons (Fsp3) is 0.0500. The van der Waals surface area contributed by atoms with Gasteiger partial charge in [-0.25, -0.2) is 0 Å². The quantitative estimate of drug-likeness (QED) is 0.690. The molecule has 0 radical (unpaired) electrons. The second-order valence-electron chi connectivity index (χ2n) is 6.00. The van der Waals surface area contributed by atoms with Crippen molar-refractivity contribution in [3.05, 3.63) is 88.5 Å². The molecular weight excluding hydrogens is 400 g/mol. The molecule has 1 aliphatic heterocycles. The van der Waals surface area contributed by atoms with Crippen LogP contribution in [-0.4, -0.2) is 21.2 Å². The van der Waals surface area contributed by atoms with Crippen molar-refractivity contribution in [2.45, 2.75) is 9.79 Å². The molecule has 0 aromatic heterocycles. The van der Waals surface area contributed by atoms with E-state index < -0.39 is 10.0 Å². The lowest BCUT2D eigenvalue weighted by atomic mass is 10.1. The molecule has 4 nitrogen and oxygen atoms in total. The van der Waals surface area contributed by atoms with Crippen LogP contribution in [0.1, 0.15) is 0 Å². The maximum Gasteiger partial charge on any atom is 0.282 e. The van der Waals surface area contributed by atoms with Crippen LogP contribution in [0.25, 0.3) is 0 Å². The summed E-state index contributed by atoms with van der Waals surface area (Å²) in [6, 6.07) is 14.2. The van der Waals surface area contributed by atoms with Gasteiger partial charge in [0.15, 0.2) is 0 Å². The molecule has 0 amide bonds. The van der Waals surface area contributed by atoms with Crippen molar-refractivity contribution in [3.8, 4) is 0 Å². The van der Waals surface area contributed by atoms with Crippen molar-refractivity contribution < 1.29 is 8.42 Å². The predicted molar refractivity (Wildman–Crippen MR) is 112 cm³/mol. The van der Waals surface area contributed by atoms with E-state index in [1.165, 1.54) is 29.2 Å². The highest BCUT2D eigenvalue weighted by Crippen LogP contribution is 2.46. The highest BCUT2D eigenvalue weighted by Gasteiger charge is 2.23. The molecule has 0 saturated heterocycles. The van der Waals surface area contributed by atoms with Crippen LogP contribution in [-0.2, 0) is 10.0 Å². The Labute approximate surface area is 167 Å². The molecule has 0 saturated carbocycles. The van der Waals surface area contributed by atoms with Gasteiger partial charge < -0.3 is 4.90 Å². The van der Waals surface area contributed by atoms with Crippen molar-refractivity contribution in [1.29, 1.82) is 0 Å². The van der Waals surface area contributed by atoms with E-state index >= 15 is 0 Å². The van der Waals surface area contributed by atoms with E-state index in [0.29, 0.717) is 10.7 Å². The molecule has 1 heterocycles. The molecule has 2 aromatic rings. The highest BCUT2D eigenvalue weighted by molar-refractivity contribution is 8.03. The van der Waals surface area contributed by atoms with Gasteiger partial charge in [0.05, 0.1) is 21.3 Å². The van der Waals surface area contributed by atoms with E-state index in [9.17, 15) is 8.42 Å². The third-order valence-corrected chi connectivity index (χ3v) is 7.03. The van der Waals surface area contributed by atoms with Crippen molar-refractivity contribution >= 4 is 44.8 Å². The highest BCUT2D eigenvalue weighted by atomic mass is 35.5. The predicted octanol–water partition coefficient (Wildman–Crippen LogP) is 5.05. The number of thioether (sulfide) groups is 1. The van der Waals surface area contributed by atoms with Crippen LogP contribution in [0, 0.1) is 0 Å². The van der Waals surface area contributed by atoms with Gasteiger partial charge >= 0.3 is 0 Å². The van der Waals surface area contributed by atoms with Crippen LogP contribution in [0.2, 0.25) is 5.02 Å². The van der Waals surface area contributed by atoms with Gasteiger partial charge in [0.2, 0.25) is 0 Å². The first kappa shape index (κ1) is 18.1. The minimum Gasteiger partial charge on any atom is -0.338 e. The first-order valence-electron chi connectivity index (χ1n) is 8.16. The minimum atomic E-state index is -3.77. The van der Waals surface area contributed by atoms with E-state index in [2.05, 4.69) is 21.4 Å². The van der Waals surface area contributed by atoms with Crippen LogP contribution in [0.5, 0.6) is 0 Å². The Morgan fingerprint density at radius 2 is 1.63 bits per heavy atom. The Hall–Kier alpha value is -2.28. The number of hydrogen-bond donors (Lipinski definition) is 0.